The topological polar surface area (TPSA) is 59.1 Å². The summed E-state index contributed by atoms with van der Waals surface area (Å²) in [6, 6.07) is 5.21. The van der Waals surface area contributed by atoms with Crippen molar-refractivity contribution in [1.29, 1.82) is 0 Å². The number of nitrogens with zero attached hydrogens (tertiary/aromatic N) is 1. The van der Waals surface area contributed by atoms with Crippen LogP contribution in [0.25, 0.3) is 0 Å². The number of pyridine rings is 1. The number of rotatable bonds is 6. The number of amides is 1. The molecule has 2 aliphatic rings. The fourth-order valence-electron chi connectivity index (χ4n) is 4.01. The third-order valence-electron chi connectivity index (χ3n) is 6.09. The zero-order valence-corrected chi connectivity index (χ0v) is 19.8. The third-order valence-corrected chi connectivity index (χ3v) is 6.31. The van der Waals surface area contributed by atoms with E-state index in [0.717, 1.165) is 42.0 Å². The molecule has 0 bridgehead atoms. The van der Waals surface area contributed by atoms with E-state index in [1.165, 1.54) is 19.3 Å². The number of carbonyl (C=O) groups is 2. The minimum atomic E-state index is -0.215. The molecular formula is C26H33ClN2O2. The van der Waals surface area contributed by atoms with Gasteiger partial charge in [-0.25, -0.2) is 0 Å². The third kappa shape index (κ3) is 5.74. The van der Waals surface area contributed by atoms with E-state index < -0.39 is 0 Å². The number of aromatic nitrogens is 1. The van der Waals surface area contributed by atoms with Crippen molar-refractivity contribution in [2.24, 2.45) is 11.8 Å². The van der Waals surface area contributed by atoms with Gasteiger partial charge in [0.15, 0.2) is 5.78 Å². The van der Waals surface area contributed by atoms with Gasteiger partial charge in [-0.3, -0.25) is 14.6 Å². The maximum atomic E-state index is 12.9. The Morgan fingerprint density at radius 1 is 1.19 bits per heavy atom. The molecule has 1 aromatic carbocycles. The first-order valence-corrected chi connectivity index (χ1v) is 11.9. The molecule has 1 fully saturated rings. The Morgan fingerprint density at radius 3 is 2.52 bits per heavy atom. The zero-order valence-electron chi connectivity index (χ0n) is 19.1. The Kier molecular flexibility index (Phi) is 7.88. The van der Waals surface area contributed by atoms with Gasteiger partial charge in [-0.15, -0.1) is 0 Å². The highest BCUT2D eigenvalue weighted by Gasteiger charge is 2.24. The van der Waals surface area contributed by atoms with Crippen molar-refractivity contribution in [3.8, 4) is 0 Å². The summed E-state index contributed by atoms with van der Waals surface area (Å²) < 4.78 is 0. The summed E-state index contributed by atoms with van der Waals surface area (Å²) in [6.07, 6.45) is 9.56. The fraction of sp³-hybridized carbons (Fsp3) is 0.500. The molecule has 2 aliphatic carbocycles. The Bertz CT molecular complexity index is 964. The number of hydrogen-bond donors (Lipinski definition) is 1. The maximum absolute atomic E-state index is 12.9. The number of Topliss-reactive ketones (excluding diaryl/α,β-unsaturated/α-hetero) is 1. The first-order valence-electron chi connectivity index (χ1n) is 11.5. The van der Waals surface area contributed by atoms with Gasteiger partial charge in [0.25, 0.3) is 5.91 Å². The van der Waals surface area contributed by atoms with Crippen molar-refractivity contribution in [2.45, 2.75) is 72.6 Å². The normalized spacial score (nSPS) is 14.6. The molecule has 1 heterocycles. The smallest absolute Gasteiger partial charge is 0.256 e. The second-order valence-corrected chi connectivity index (χ2v) is 9.24. The maximum Gasteiger partial charge on any atom is 0.256 e. The molecule has 4 rings (SSSR count). The minimum Gasteiger partial charge on any atom is -0.321 e. The molecule has 1 N–H and O–H groups in total. The highest BCUT2D eigenvalue weighted by atomic mass is 35.5. The molecule has 0 atom stereocenters. The Labute approximate surface area is 190 Å². The molecule has 1 amide bonds. The predicted molar refractivity (Wildman–Crippen MR) is 127 cm³/mol. The fourth-order valence-corrected chi connectivity index (χ4v) is 4.25. The summed E-state index contributed by atoms with van der Waals surface area (Å²) in [5.41, 5.74) is 4.54. The van der Waals surface area contributed by atoms with Crippen LogP contribution in [0.2, 0.25) is 5.02 Å². The van der Waals surface area contributed by atoms with Crippen LogP contribution in [0.1, 0.15) is 90.9 Å². The lowest BCUT2D eigenvalue weighted by atomic mass is 9.93. The summed E-state index contributed by atoms with van der Waals surface area (Å²) in [7, 11) is 0. The summed E-state index contributed by atoms with van der Waals surface area (Å²) in [4.78, 5) is 30.1. The van der Waals surface area contributed by atoms with Gasteiger partial charge in [-0.05, 0) is 60.9 Å². The van der Waals surface area contributed by atoms with Crippen LogP contribution >= 0.6 is 11.6 Å². The van der Waals surface area contributed by atoms with E-state index in [9.17, 15) is 9.59 Å². The lowest BCUT2D eigenvalue weighted by Crippen LogP contribution is -2.19. The highest BCUT2D eigenvalue weighted by molar-refractivity contribution is 6.31. The predicted octanol–water partition coefficient (Wildman–Crippen LogP) is 6.68. The number of benzene rings is 1. The van der Waals surface area contributed by atoms with Crippen LogP contribution in [0.15, 0.2) is 24.4 Å². The van der Waals surface area contributed by atoms with Crippen molar-refractivity contribution in [3.63, 3.8) is 0 Å². The van der Waals surface area contributed by atoms with Crippen LogP contribution in [-0.2, 0) is 19.3 Å². The number of nitrogens with one attached hydrogen (secondary N) is 1. The van der Waals surface area contributed by atoms with Crippen molar-refractivity contribution in [3.05, 3.63) is 57.4 Å². The van der Waals surface area contributed by atoms with E-state index in [4.69, 9.17) is 11.6 Å². The van der Waals surface area contributed by atoms with E-state index >= 15 is 0 Å². The van der Waals surface area contributed by atoms with Gasteiger partial charge in [-0.2, -0.15) is 0 Å². The number of halogens is 1. The molecule has 1 aromatic heterocycles. The van der Waals surface area contributed by atoms with Crippen LogP contribution in [0.3, 0.4) is 0 Å². The summed E-state index contributed by atoms with van der Waals surface area (Å²) in [5, 5.41) is 3.45. The minimum absolute atomic E-state index is 0.00812. The van der Waals surface area contributed by atoms with Crippen LogP contribution < -0.4 is 5.32 Å². The molecule has 4 nitrogen and oxygen atoms in total. The van der Waals surface area contributed by atoms with Crippen LogP contribution in [0, 0.1) is 11.8 Å². The first-order chi connectivity index (χ1) is 14.8. The Hall–Kier alpha value is -2.20. The van der Waals surface area contributed by atoms with Crippen molar-refractivity contribution in [2.75, 3.05) is 5.32 Å². The van der Waals surface area contributed by atoms with Crippen LogP contribution in [-0.4, -0.2) is 16.7 Å². The molecule has 5 heteroatoms. The Morgan fingerprint density at radius 2 is 1.94 bits per heavy atom. The molecule has 0 spiro atoms. The van der Waals surface area contributed by atoms with E-state index in [1.807, 2.05) is 20.8 Å². The largest absolute Gasteiger partial charge is 0.321 e. The van der Waals surface area contributed by atoms with E-state index in [2.05, 4.69) is 17.2 Å². The molecular weight excluding hydrogens is 408 g/mol. The van der Waals surface area contributed by atoms with Crippen molar-refractivity contribution >= 4 is 29.0 Å². The second-order valence-electron chi connectivity index (χ2n) is 8.80. The number of ketones is 1. The molecule has 1 saturated carbocycles. The molecule has 166 valence electrons. The van der Waals surface area contributed by atoms with Gasteiger partial charge in [0.2, 0.25) is 0 Å². The first kappa shape index (κ1) is 23.5. The lowest BCUT2D eigenvalue weighted by molar-refractivity contribution is 0.0939. The lowest BCUT2D eigenvalue weighted by Gasteiger charge is -2.17. The number of carbonyl (C=O) groups excluding carboxylic acids is 2. The summed E-state index contributed by atoms with van der Waals surface area (Å²) in [6.45, 7) is 7.96. The Balaban J connectivity index is 0.000000478. The average molecular weight is 441 g/mol. The SMILES string of the molecule is CCC1CC1.CCc1cc(Cl)cc(NC(=O)c2ccnc3c2CCC3)c1C(=O)C(C)C. The van der Waals surface area contributed by atoms with Gasteiger partial charge in [0, 0.05) is 34.0 Å². The van der Waals surface area contributed by atoms with Gasteiger partial charge in [0.05, 0.1) is 5.69 Å². The molecule has 0 unspecified atom stereocenters. The van der Waals surface area contributed by atoms with Crippen LogP contribution in [0.5, 0.6) is 0 Å². The average Bonchev–Trinajstić information content (AvgIpc) is 3.48. The van der Waals surface area contributed by atoms with Gasteiger partial charge in [-0.1, -0.05) is 58.6 Å². The van der Waals surface area contributed by atoms with Crippen LogP contribution in [0.4, 0.5) is 5.69 Å². The van der Waals surface area contributed by atoms with Crippen molar-refractivity contribution < 1.29 is 9.59 Å². The number of fused-ring (bicyclic) bond motifs is 1. The molecule has 0 radical (unpaired) electrons. The number of anilines is 1. The monoisotopic (exact) mass is 440 g/mol. The molecule has 31 heavy (non-hydrogen) atoms. The van der Waals surface area contributed by atoms with E-state index in [-0.39, 0.29) is 17.6 Å². The van der Waals surface area contributed by atoms with E-state index in [1.54, 1.807) is 24.4 Å². The van der Waals surface area contributed by atoms with E-state index in [0.29, 0.717) is 28.3 Å². The highest BCUT2D eigenvalue weighted by Crippen LogP contribution is 2.31. The number of aryl methyl sites for hydroxylation is 2. The zero-order chi connectivity index (χ0) is 22.5. The number of hydrogen-bond acceptors (Lipinski definition) is 3. The van der Waals surface area contributed by atoms with Gasteiger partial charge >= 0.3 is 0 Å². The quantitative estimate of drug-likeness (QED) is 0.509. The van der Waals surface area contributed by atoms with Crippen molar-refractivity contribution in [1.82, 2.24) is 4.98 Å². The summed E-state index contributed by atoms with van der Waals surface area (Å²) >= 11 is 6.24. The second kappa shape index (κ2) is 10.4. The molecule has 0 aliphatic heterocycles. The summed E-state index contributed by atoms with van der Waals surface area (Å²) in [5.74, 6) is 0.763. The van der Waals surface area contributed by atoms with Gasteiger partial charge < -0.3 is 5.32 Å². The molecule has 0 saturated heterocycles. The van der Waals surface area contributed by atoms with Gasteiger partial charge in [0.1, 0.15) is 0 Å². The molecule has 2 aromatic rings. The standard InChI is InChI=1S/C21H23ClN2O2.C5H10/c1-4-13-10-14(22)11-18(19(13)20(25)12(2)3)24-21(26)16-8-9-23-17-7-5-6-15(16)17;1-2-5-3-4-5/h8-12H,4-7H2,1-3H3,(H,24,26);5H,2-4H2,1H3.